The summed E-state index contributed by atoms with van der Waals surface area (Å²) in [6, 6.07) is 0. The van der Waals surface area contributed by atoms with Gasteiger partial charge in [-0.3, -0.25) is 19.2 Å². The Morgan fingerprint density at radius 1 is 1.04 bits per heavy atom. The Balaban J connectivity index is 1.45. The zero-order valence-corrected chi connectivity index (χ0v) is 29.9. The standard InChI is InChI=1S/C38H55NO8/c1-21(19-45-31(43)18-39(9)10)22(2)33(44)34(47-26(6)41)24(4)32-29(46-25(5)40)17-36(8)30-12-11-27-23(3)28(42)13-14-37(27)20-38(30,37)16-15-35(32,36)7/h13-14,21,23-24,27,29-30,32,34H,2,11-12,15-20H2,1,3-10H3/p+1/t21-,23-,24-,27-,29-,30-,32-,34+,35+,36-,37+,38-/m0/s1. The first-order chi connectivity index (χ1) is 21.8. The largest absolute Gasteiger partial charge is 0.462 e. The topological polar surface area (TPSA) is 117 Å². The maximum atomic E-state index is 14.1. The quantitative estimate of drug-likeness (QED) is 0.202. The lowest BCUT2D eigenvalue weighted by Gasteiger charge is -2.61. The Labute approximate surface area is 280 Å². The maximum Gasteiger partial charge on any atom is 0.361 e. The van der Waals surface area contributed by atoms with Crippen LogP contribution in [-0.2, 0) is 38.2 Å². The summed E-state index contributed by atoms with van der Waals surface area (Å²) < 4.78 is 17.4. The molecule has 0 bridgehead atoms. The SMILES string of the molecule is C=C(C(=O)[C@H](OC(C)=O)[C@@H](C)[C@H]1[C@@H](OC(C)=O)C[C@@]2(C)[C@@H]3CC[C@H]4[C@H](C)C(=O)C=C[C@@]45C[C@@]35CC[C@]12C)[C@@H](C)COC(=O)C[NH+](C)C. The highest BCUT2D eigenvalue weighted by atomic mass is 16.6. The van der Waals surface area contributed by atoms with E-state index in [9.17, 15) is 24.0 Å². The molecule has 9 nitrogen and oxygen atoms in total. The van der Waals surface area contributed by atoms with Gasteiger partial charge in [0.1, 0.15) is 6.10 Å². The summed E-state index contributed by atoms with van der Waals surface area (Å²) in [4.78, 5) is 65.0. The zero-order chi connectivity index (χ0) is 34.9. The number of quaternary nitrogens is 1. The van der Waals surface area contributed by atoms with Crippen LogP contribution in [0.15, 0.2) is 24.3 Å². The molecule has 0 saturated heterocycles. The number of Topliss-reactive ketones (excluding diaryl/α,β-unsaturated/α-hetero) is 1. The number of esters is 3. The molecular formula is C38H56NO8+. The van der Waals surface area contributed by atoms with Gasteiger partial charge in [0.05, 0.1) is 20.7 Å². The molecule has 1 N–H and O–H groups in total. The lowest BCUT2D eigenvalue weighted by molar-refractivity contribution is -0.850. The number of fused-ring (bicyclic) bond motifs is 2. The van der Waals surface area contributed by atoms with E-state index in [2.05, 4.69) is 33.4 Å². The van der Waals surface area contributed by atoms with Crippen LogP contribution >= 0.6 is 0 Å². The number of hydrogen-bond acceptors (Lipinski definition) is 8. The number of nitrogens with one attached hydrogen (secondary N) is 1. The van der Waals surface area contributed by atoms with E-state index in [1.54, 1.807) is 6.92 Å². The fourth-order valence-electron chi connectivity index (χ4n) is 11.5. The second-order valence-corrected chi connectivity index (χ2v) is 16.6. The number of rotatable bonds is 11. The first kappa shape index (κ1) is 35.5. The molecule has 0 aromatic rings. The van der Waals surface area contributed by atoms with Gasteiger partial charge < -0.3 is 19.1 Å². The van der Waals surface area contributed by atoms with Gasteiger partial charge in [0, 0.05) is 37.5 Å². The number of allylic oxidation sites excluding steroid dienone is 2. The molecule has 4 saturated carbocycles. The average Bonchev–Trinajstić information content (AvgIpc) is 3.59. The Bertz CT molecular complexity index is 1390. The number of ketones is 2. The van der Waals surface area contributed by atoms with Crippen molar-refractivity contribution in [1.29, 1.82) is 0 Å². The van der Waals surface area contributed by atoms with Crippen molar-refractivity contribution in [2.75, 3.05) is 27.2 Å². The smallest absolute Gasteiger partial charge is 0.361 e. The molecule has 9 heteroatoms. The normalized spacial score (nSPS) is 40.1. The van der Waals surface area contributed by atoms with Crippen molar-refractivity contribution < 1.29 is 43.1 Å². The molecule has 5 rings (SSSR count). The van der Waals surface area contributed by atoms with Crippen molar-refractivity contribution in [1.82, 2.24) is 0 Å². The van der Waals surface area contributed by atoms with Crippen molar-refractivity contribution in [3.05, 3.63) is 24.3 Å². The van der Waals surface area contributed by atoms with E-state index >= 15 is 0 Å². The van der Waals surface area contributed by atoms with Crippen molar-refractivity contribution in [2.45, 2.75) is 99.2 Å². The van der Waals surface area contributed by atoms with Gasteiger partial charge in [-0.15, -0.1) is 0 Å². The molecule has 12 atom stereocenters. The first-order valence-corrected chi connectivity index (χ1v) is 17.6. The van der Waals surface area contributed by atoms with Crippen LogP contribution in [0.3, 0.4) is 0 Å². The van der Waals surface area contributed by atoms with E-state index in [4.69, 9.17) is 14.2 Å². The molecule has 0 heterocycles. The average molecular weight is 655 g/mol. The van der Waals surface area contributed by atoms with Crippen LogP contribution in [0.1, 0.15) is 87.0 Å². The summed E-state index contributed by atoms with van der Waals surface area (Å²) in [5, 5.41) is 0. The molecule has 47 heavy (non-hydrogen) atoms. The Morgan fingerprint density at radius 3 is 2.34 bits per heavy atom. The van der Waals surface area contributed by atoms with Crippen LogP contribution in [0.25, 0.3) is 0 Å². The van der Waals surface area contributed by atoms with Crippen molar-refractivity contribution in [2.24, 2.45) is 57.2 Å². The summed E-state index contributed by atoms with van der Waals surface area (Å²) in [6.07, 6.45) is 8.20. The van der Waals surface area contributed by atoms with Crippen LogP contribution in [0.5, 0.6) is 0 Å². The van der Waals surface area contributed by atoms with Gasteiger partial charge in [0.2, 0.25) is 0 Å². The highest BCUT2D eigenvalue weighted by Gasteiger charge is 2.81. The van der Waals surface area contributed by atoms with Gasteiger partial charge in [-0.2, -0.15) is 0 Å². The molecule has 0 amide bonds. The molecule has 2 spiro atoms. The molecule has 0 aliphatic heterocycles. The molecule has 5 aliphatic carbocycles. The number of carbonyl (C=O) groups is 5. The van der Waals surface area contributed by atoms with Gasteiger partial charge in [-0.25, -0.2) is 4.79 Å². The van der Waals surface area contributed by atoms with Crippen LogP contribution < -0.4 is 4.90 Å². The molecule has 4 fully saturated rings. The summed E-state index contributed by atoms with van der Waals surface area (Å²) in [5.74, 6) is -1.87. The maximum absolute atomic E-state index is 14.1. The Hall–Kier alpha value is -2.81. The minimum absolute atomic E-state index is 0.00167. The van der Waals surface area contributed by atoms with Gasteiger partial charge in [-0.1, -0.05) is 47.3 Å². The molecule has 0 unspecified atom stereocenters. The van der Waals surface area contributed by atoms with E-state index in [1.807, 2.05) is 27.1 Å². The summed E-state index contributed by atoms with van der Waals surface area (Å²) in [7, 11) is 3.70. The van der Waals surface area contributed by atoms with Crippen molar-refractivity contribution in [3.8, 4) is 0 Å². The molecule has 0 aromatic carbocycles. The molecule has 5 aliphatic rings. The van der Waals surface area contributed by atoms with E-state index in [1.165, 1.54) is 13.8 Å². The van der Waals surface area contributed by atoms with Gasteiger partial charge in [0.25, 0.3) is 0 Å². The molecule has 0 radical (unpaired) electrons. The van der Waals surface area contributed by atoms with E-state index in [0.717, 1.165) is 37.0 Å². The van der Waals surface area contributed by atoms with Crippen molar-refractivity contribution in [3.63, 3.8) is 0 Å². The fraction of sp³-hybridized carbons (Fsp3) is 0.763. The minimum Gasteiger partial charge on any atom is -0.462 e. The van der Waals surface area contributed by atoms with E-state index in [0.29, 0.717) is 18.3 Å². The second-order valence-electron chi connectivity index (χ2n) is 16.6. The van der Waals surface area contributed by atoms with Gasteiger partial charge >= 0.3 is 17.9 Å². The van der Waals surface area contributed by atoms with Crippen LogP contribution in [0.4, 0.5) is 0 Å². The van der Waals surface area contributed by atoms with Crippen LogP contribution in [0.2, 0.25) is 0 Å². The fourth-order valence-corrected chi connectivity index (χ4v) is 11.5. The number of carbonyl (C=O) groups excluding carboxylic acids is 5. The second kappa shape index (κ2) is 12.3. The molecule has 0 aromatic heterocycles. The Morgan fingerprint density at radius 2 is 1.72 bits per heavy atom. The number of ether oxygens (including phenoxy) is 3. The summed E-state index contributed by atoms with van der Waals surface area (Å²) in [5.41, 5.74) is -0.107. The zero-order valence-electron chi connectivity index (χ0n) is 29.9. The van der Waals surface area contributed by atoms with Crippen molar-refractivity contribution >= 4 is 29.5 Å². The number of hydrogen-bond donors (Lipinski definition) is 1. The van der Waals surface area contributed by atoms with Gasteiger partial charge in [0.15, 0.2) is 24.2 Å². The third-order valence-electron chi connectivity index (χ3n) is 13.8. The predicted octanol–water partition coefficient (Wildman–Crippen LogP) is 3.94. The third-order valence-corrected chi connectivity index (χ3v) is 13.8. The predicted molar refractivity (Wildman–Crippen MR) is 175 cm³/mol. The highest BCUT2D eigenvalue weighted by molar-refractivity contribution is 6.00. The summed E-state index contributed by atoms with van der Waals surface area (Å²) >= 11 is 0. The van der Waals surface area contributed by atoms with E-state index < -0.39 is 35.8 Å². The lowest BCUT2D eigenvalue weighted by atomic mass is 9.43. The first-order valence-electron chi connectivity index (χ1n) is 17.6. The van der Waals surface area contributed by atoms with Crippen LogP contribution in [-0.4, -0.2) is 68.9 Å². The third kappa shape index (κ3) is 5.52. The highest BCUT2D eigenvalue weighted by Crippen LogP contribution is 2.87. The lowest BCUT2D eigenvalue weighted by Crippen LogP contribution is -3.06. The number of likely N-dealkylation sites (N-methyl/N-ethyl adjacent to an activating group) is 1. The van der Waals surface area contributed by atoms with Gasteiger partial charge in [-0.05, 0) is 83.7 Å². The molecular weight excluding hydrogens is 598 g/mol. The monoisotopic (exact) mass is 654 g/mol. The summed E-state index contributed by atoms with van der Waals surface area (Å²) in [6.45, 7) is 17.5. The molecule has 260 valence electrons. The Kier molecular flexibility index (Phi) is 9.26. The van der Waals surface area contributed by atoms with E-state index in [-0.39, 0.29) is 69.9 Å². The minimum atomic E-state index is -1.13. The van der Waals surface area contributed by atoms with Crippen LogP contribution in [0, 0.1) is 57.2 Å².